The van der Waals surface area contributed by atoms with Gasteiger partial charge in [-0.2, -0.15) is 5.09 Å². The molecule has 39 heavy (non-hydrogen) atoms. The van der Waals surface area contributed by atoms with E-state index in [2.05, 4.69) is 5.09 Å². The van der Waals surface area contributed by atoms with Crippen molar-refractivity contribution in [2.24, 2.45) is 0 Å². The van der Waals surface area contributed by atoms with Crippen molar-refractivity contribution in [3.05, 3.63) is 62.9 Å². The molecule has 1 aliphatic rings. The molecule has 2 heterocycles. The summed E-state index contributed by atoms with van der Waals surface area (Å²) in [4.78, 5) is 37.8. The van der Waals surface area contributed by atoms with Crippen molar-refractivity contribution in [2.45, 2.75) is 76.2 Å². The van der Waals surface area contributed by atoms with Crippen LogP contribution in [-0.4, -0.2) is 56.7 Å². The van der Waals surface area contributed by atoms with Gasteiger partial charge >= 0.3 is 19.4 Å². The molecule has 0 saturated carbocycles. The molecule has 0 amide bonds. The molecule has 1 aliphatic heterocycles. The highest BCUT2D eigenvalue weighted by molar-refractivity contribution is 7.52. The fraction of sp³-hybridized carbons (Fsp3) is 0.542. The number of esters is 1. The zero-order chi connectivity index (χ0) is 29.0. The van der Waals surface area contributed by atoms with Crippen LogP contribution in [0.4, 0.5) is 4.39 Å². The molecular weight excluding hydrogens is 560 g/mol. The number of aromatic nitrogens is 2. The second-order valence-corrected chi connectivity index (χ2v) is 11.6. The van der Waals surface area contributed by atoms with Crippen molar-refractivity contribution >= 4 is 25.3 Å². The van der Waals surface area contributed by atoms with Gasteiger partial charge in [0, 0.05) is 12.3 Å². The van der Waals surface area contributed by atoms with E-state index in [-0.39, 0.29) is 5.75 Å². The van der Waals surface area contributed by atoms with Gasteiger partial charge in [0.05, 0.1) is 12.7 Å². The standard InChI is InChI=1S/C24H32ClFN3O9P/c1-5-6-16-7-9-17(10-8-16)38-39(34,28-15(4)21(32)36-14(2)3)35-13-18-20(31)24(25,26)22(37-18)29-12-11-19(30)27-23(29)33/h7-12,14-15,18,20,22,31H,5-6,13H2,1-4H3,(H,28,34)(H,27,30,33). The lowest BCUT2D eigenvalue weighted by Gasteiger charge is -2.25. The van der Waals surface area contributed by atoms with Gasteiger partial charge in [-0.3, -0.25) is 23.7 Å². The van der Waals surface area contributed by atoms with Gasteiger partial charge in [0.25, 0.3) is 10.7 Å². The first kappa shape index (κ1) is 31.0. The number of alkyl halides is 2. The minimum atomic E-state index is -4.38. The van der Waals surface area contributed by atoms with Gasteiger partial charge in [-0.25, -0.2) is 13.8 Å². The molecule has 216 valence electrons. The quantitative estimate of drug-likeness (QED) is 0.190. The lowest BCUT2D eigenvalue weighted by molar-refractivity contribution is -0.149. The van der Waals surface area contributed by atoms with Crippen molar-refractivity contribution in [3.63, 3.8) is 0 Å². The number of aryl methyl sites for hydroxylation is 1. The number of carbonyl (C=O) groups excluding carboxylic acids is 1. The molecule has 3 N–H and O–H groups in total. The summed E-state index contributed by atoms with van der Waals surface area (Å²) >= 11 is 5.89. The highest BCUT2D eigenvalue weighted by atomic mass is 35.5. The van der Waals surface area contributed by atoms with E-state index >= 15 is 4.39 Å². The zero-order valence-electron chi connectivity index (χ0n) is 21.8. The number of aromatic amines is 1. The zero-order valence-corrected chi connectivity index (χ0v) is 23.5. The summed E-state index contributed by atoms with van der Waals surface area (Å²) < 4.78 is 51.4. The van der Waals surface area contributed by atoms with Crippen LogP contribution in [0.3, 0.4) is 0 Å². The van der Waals surface area contributed by atoms with Crippen LogP contribution in [0.5, 0.6) is 5.75 Å². The van der Waals surface area contributed by atoms with Gasteiger partial charge in [0.2, 0.25) is 0 Å². The minimum absolute atomic E-state index is 0.151. The van der Waals surface area contributed by atoms with Gasteiger partial charge < -0.3 is 19.1 Å². The van der Waals surface area contributed by atoms with Crippen LogP contribution in [-0.2, 0) is 29.8 Å². The molecular formula is C24H32ClFN3O9P. The second-order valence-electron chi connectivity index (χ2n) is 9.28. The van der Waals surface area contributed by atoms with Crippen molar-refractivity contribution in [1.82, 2.24) is 14.6 Å². The van der Waals surface area contributed by atoms with E-state index in [0.29, 0.717) is 4.57 Å². The number of nitrogens with one attached hydrogen (secondary N) is 2. The van der Waals surface area contributed by atoms with Crippen LogP contribution in [0.15, 0.2) is 46.1 Å². The summed E-state index contributed by atoms with van der Waals surface area (Å²) in [7, 11) is -4.38. The molecule has 0 radical (unpaired) electrons. The summed E-state index contributed by atoms with van der Waals surface area (Å²) in [6.45, 7) is 5.98. The molecule has 2 aromatic rings. The highest BCUT2D eigenvalue weighted by Gasteiger charge is 2.58. The lowest BCUT2D eigenvalue weighted by atomic mass is 10.1. The number of aliphatic hydroxyl groups excluding tert-OH is 1. The monoisotopic (exact) mass is 591 g/mol. The summed E-state index contributed by atoms with van der Waals surface area (Å²) in [5.74, 6) is -0.577. The van der Waals surface area contributed by atoms with E-state index in [9.17, 15) is 24.1 Å². The molecule has 0 spiro atoms. The number of ether oxygens (including phenoxy) is 2. The predicted molar refractivity (Wildman–Crippen MR) is 139 cm³/mol. The number of halogens is 2. The smallest absolute Gasteiger partial charge is 0.459 e. The number of nitrogens with zero attached hydrogens (tertiary/aromatic N) is 1. The van der Waals surface area contributed by atoms with E-state index in [1.807, 2.05) is 11.9 Å². The van der Waals surface area contributed by atoms with E-state index in [1.54, 1.807) is 38.1 Å². The number of H-pyrrole nitrogens is 1. The number of carbonyl (C=O) groups is 1. The van der Waals surface area contributed by atoms with E-state index in [4.69, 9.17) is 30.1 Å². The van der Waals surface area contributed by atoms with Gasteiger partial charge in [-0.1, -0.05) is 37.1 Å². The SMILES string of the molecule is CCCc1ccc(OP(=O)(NC(C)C(=O)OC(C)C)OCC2OC(n3ccc(=O)[nH]c3=O)C(F)(Cl)C2O)cc1. The molecule has 0 aliphatic carbocycles. The normalized spacial score (nSPS) is 25.3. The van der Waals surface area contributed by atoms with Crippen molar-refractivity contribution in [3.8, 4) is 5.75 Å². The molecule has 0 bridgehead atoms. The van der Waals surface area contributed by atoms with Crippen LogP contribution in [0, 0.1) is 0 Å². The topological polar surface area (TPSA) is 158 Å². The molecule has 15 heteroatoms. The Morgan fingerprint density at radius 2 is 1.95 bits per heavy atom. The van der Waals surface area contributed by atoms with Crippen LogP contribution in [0.2, 0.25) is 0 Å². The number of benzene rings is 1. The maximum Gasteiger partial charge on any atom is 0.459 e. The van der Waals surface area contributed by atoms with E-state index in [1.165, 1.54) is 6.92 Å². The van der Waals surface area contributed by atoms with Gasteiger partial charge in [-0.15, -0.1) is 0 Å². The maximum absolute atomic E-state index is 15.3. The average Bonchev–Trinajstić information content (AvgIpc) is 3.07. The molecule has 3 rings (SSSR count). The first-order valence-corrected chi connectivity index (χ1v) is 14.2. The Labute approximate surface area is 229 Å². The maximum atomic E-state index is 15.3. The number of hydrogen-bond acceptors (Lipinski definition) is 9. The second kappa shape index (κ2) is 12.8. The van der Waals surface area contributed by atoms with Crippen molar-refractivity contribution in [1.29, 1.82) is 0 Å². The fourth-order valence-electron chi connectivity index (χ4n) is 3.75. The van der Waals surface area contributed by atoms with Gasteiger partial charge in [0.15, 0.2) is 6.23 Å². The molecule has 1 saturated heterocycles. The Morgan fingerprint density at radius 3 is 2.54 bits per heavy atom. The predicted octanol–water partition coefficient (Wildman–Crippen LogP) is 2.79. The number of aliphatic hydroxyl groups is 1. The Kier molecular flexibility index (Phi) is 10.1. The van der Waals surface area contributed by atoms with Crippen LogP contribution >= 0.6 is 19.3 Å². The van der Waals surface area contributed by atoms with E-state index in [0.717, 1.165) is 30.7 Å². The first-order valence-electron chi connectivity index (χ1n) is 12.3. The molecule has 6 atom stereocenters. The van der Waals surface area contributed by atoms with Crippen LogP contribution in [0.25, 0.3) is 0 Å². The Balaban J connectivity index is 1.81. The molecule has 12 nitrogen and oxygen atoms in total. The highest BCUT2D eigenvalue weighted by Crippen LogP contribution is 2.48. The van der Waals surface area contributed by atoms with Gasteiger partial charge in [-0.05, 0) is 44.9 Å². The molecule has 1 aromatic heterocycles. The van der Waals surface area contributed by atoms with Crippen molar-refractivity contribution < 1.29 is 37.4 Å². The van der Waals surface area contributed by atoms with Gasteiger partial charge in [0.1, 0.15) is 24.0 Å². The Hall–Kier alpha value is -2.54. The number of hydrogen-bond donors (Lipinski definition) is 3. The first-order chi connectivity index (χ1) is 18.3. The number of rotatable bonds is 12. The summed E-state index contributed by atoms with van der Waals surface area (Å²) in [5.41, 5.74) is -0.732. The third kappa shape index (κ3) is 7.77. The van der Waals surface area contributed by atoms with Crippen LogP contribution < -0.4 is 20.9 Å². The van der Waals surface area contributed by atoms with Crippen LogP contribution in [0.1, 0.15) is 45.9 Å². The Morgan fingerprint density at radius 1 is 1.28 bits per heavy atom. The largest absolute Gasteiger partial charge is 0.462 e. The summed E-state index contributed by atoms with van der Waals surface area (Å²) in [6, 6.07) is 6.51. The third-order valence-electron chi connectivity index (χ3n) is 5.64. The minimum Gasteiger partial charge on any atom is -0.462 e. The van der Waals surface area contributed by atoms with Crippen molar-refractivity contribution in [2.75, 3.05) is 6.61 Å². The lowest BCUT2D eigenvalue weighted by Crippen LogP contribution is -2.42. The summed E-state index contributed by atoms with van der Waals surface area (Å²) in [6.07, 6.45) is -3.17. The third-order valence-corrected chi connectivity index (χ3v) is 7.69. The summed E-state index contributed by atoms with van der Waals surface area (Å²) in [5, 5.41) is 9.97. The Bertz CT molecular complexity index is 1300. The fourth-order valence-corrected chi connectivity index (χ4v) is 5.55. The molecule has 1 fully saturated rings. The molecule has 6 unspecified atom stereocenters. The molecule has 1 aromatic carbocycles. The van der Waals surface area contributed by atoms with E-state index < -0.39 is 67.3 Å². The average molecular weight is 592 g/mol.